The van der Waals surface area contributed by atoms with Gasteiger partial charge in [0.1, 0.15) is 0 Å². The van der Waals surface area contributed by atoms with E-state index in [4.69, 9.17) is 5.11 Å². The van der Waals surface area contributed by atoms with Crippen molar-refractivity contribution in [3.63, 3.8) is 0 Å². The third-order valence-electron chi connectivity index (χ3n) is 2.71. The third-order valence-corrected chi connectivity index (χ3v) is 2.71. The monoisotopic (exact) mass is 172 g/mol. The van der Waals surface area contributed by atoms with Gasteiger partial charge in [-0.3, -0.25) is 4.79 Å². The van der Waals surface area contributed by atoms with Crippen LogP contribution in [0.3, 0.4) is 0 Å². The van der Waals surface area contributed by atoms with Crippen LogP contribution in [0.25, 0.3) is 0 Å². The first-order valence-electron chi connectivity index (χ1n) is 4.31. The van der Waals surface area contributed by atoms with E-state index in [0.717, 1.165) is 0 Å². The fraction of sp³-hybridized carbons (Fsp3) is 0.778. The Morgan fingerprint density at radius 2 is 1.42 bits per heavy atom. The summed E-state index contributed by atoms with van der Waals surface area (Å²) in [4.78, 5) is 21.7. The first kappa shape index (κ1) is 11.1. The number of aliphatic carboxylic acids is 1. The summed E-state index contributed by atoms with van der Waals surface area (Å²) >= 11 is 0. The fourth-order valence-electron chi connectivity index (χ4n) is 1.46. The molecule has 0 radical (unpaired) electrons. The number of carbonyl (C=O) groups is 2. The van der Waals surface area contributed by atoms with Crippen LogP contribution in [0.1, 0.15) is 40.0 Å². The summed E-state index contributed by atoms with van der Waals surface area (Å²) in [6.07, 6.45) is 1.81. The lowest BCUT2D eigenvalue weighted by Crippen LogP contribution is -2.34. The number of carbonyl (C=O) groups excluding carboxylic acids is 1. The normalized spacial score (nSPS) is 11.2. The minimum atomic E-state index is -1.31. The van der Waals surface area contributed by atoms with E-state index in [-0.39, 0.29) is 0 Å². The van der Waals surface area contributed by atoms with Crippen LogP contribution < -0.4 is 0 Å². The Labute approximate surface area is 72.8 Å². The van der Waals surface area contributed by atoms with E-state index in [0.29, 0.717) is 19.3 Å². The summed E-state index contributed by atoms with van der Waals surface area (Å²) < 4.78 is 0. The predicted octanol–water partition coefficient (Wildman–Crippen LogP) is 1.86. The van der Waals surface area contributed by atoms with Gasteiger partial charge in [-0.15, -0.1) is 0 Å². The molecular weight excluding hydrogens is 156 g/mol. The highest BCUT2D eigenvalue weighted by Gasteiger charge is 2.36. The van der Waals surface area contributed by atoms with Crippen LogP contribution in [0.4, 0.5) is 0 Å². The molecular formula is C9H16O3. The lowest BCUT2D eigenvalue weighted by molar-refractivity contribution is -0.154. The summed E-state index contributed by atoms with van der Waals surface area (Å²) in [7, 11) is 0. The molecule has 0 aromatic rings. The Balaban J connectivity index is 4.71. The lowest BCUT2D eigenvalue weighted by Gasteiger charge is -2.25. The molecule has 3 heteroatoms. The van der Waals surface area contributed by atoms with Crippen molar-refractivity contribution in [2.75, 3.05) is 0 Å². The van der Waals surface area contributed by atoms with Crippen LogP contribution in [-0.2, 0) is 9.59 Å². The zero-order valence-corrected chi connectivity index (χ0v) is 7.89. The maximum absolute atomic E-state index is 11.3. The Hall–Kier alpha value is -0.860. The van der Waals surface area contributed by atoms with E-state index in [1.807, 2.05) is 20.8 Å². The predicted molar refractivity (Wildman–Crippen MR) is 45.9 cm³/mol. The summed E-state index contributed by atoms with van der Waals surface area (Å²) in [6.45, 7) is 5.56. The Kier molecular flexibility index (Phi) is 3.93. The molecule has 0 aliphatic rings. The van der Waals surface area contributed by atoms with Crippen molar-refractivity contribution in [1.29, 1.82) is 0 Å². The van der Waals surface area contributed by atoms with E-state index in [2.05, 4.69) is 0 Å². The Morgan fingerprint density at radius 3 is 1.50 bits per heavy atom. The lowest BCUT2D eigenvalue weighted by atomic mass is 9.76. The topological polar surface area (TPSA) is 54.4 Å². The maximum atomic E-state index is 11.3. The van der Waals surface area contributed by atoms with Crippen molar-refractivity contribution in [2.45, 2.75) is 40.0 Å². The van der Waals surface area contributed by atoms with Crippen molar-refractivity contribution >= 4 is 11.8 Å². The molecule has 0 amide bonds. The number of hydrogen-bond donors (Lipinski definition) is 1. The molecule has 0 aliphatic heterocycles. The summed E-state index contributed by atoms with van der Waals surface area (Å²) in [5.41, 5.74) is -0.633. The number of rotatable bonds is 5. The summed E-state index contributed by atoms with van der Waals surface area (Å²) in [5, 5.41) is 8.56. The van der Waals surface area contributed by atoms with E-state index in [9.17, 15) is 9.59 Å². The molecule has 0 saturated heterocycles. The standard InChI is InChI=1S/C9H16O3/c1-4-9(5-2,6-3)7(10)8(11)12/h4-6H2,1-3H3,(H,11,12). The Morgan fingerprint density at radius 1 is 1.08 bits per heavy atom. The number of hydrogen-bond acceptors (Lipinski definition) is 2. The van der Waals surface area contributed by atoms with Gasteiger partial charge in [0.2, 0.25) is 5.78 Å². The molecule has 70 valence electrons. The molecule has 0 atom stereocenters. The highest BCUT2D eigenvalue weighted by atomic mass is 16.4. The molecule has 0 spiro atoms. The van der Waals surface area contributed by atoms with Crippen molar-refractivity contribution < 1.29 is 14.7 Å². The van der Waals surface area contributed by atoms with Gasteiger partial charge >= 0.3 is 5.97 Å². The molecule has 0 unspecified atom stereocenters. The zero-order chi connectivity index (χ0) is 9.78. The average Bonchev–Trinajstić information content (AvgIpc) is 2.08. The summed E-state index contributed by atoms with van der Waals surface area (Å²) in [5.74, 6) is -1.95. The van der Waals surface area contributed by atoms with Gasteiger partial charge in [-0.25, -0.2) is 4.79 Å². The van der Waals surface area contributed by atoms with Crippen molar-refractivity contribution in [1.82, 2.24) is 0 Å². The highest BCUT2D eigenvalue weighted by molar-refractivity contribution is 6.34. The van der Waals surface area contributed by atoms with Crippen LogP contribution >= 0.6 is 0 Å². The number of ketones is 1. The largest absolute Gasteiger partial charge is 0.475 e. The van der Waals surface area contributed by atoms with Gasteiger partial charge < -0.3 is 5.11 Å². The van der Waals surface area contributed by atoms with E-state index < -0.39 is 17.2 Å². The zero-order valence-electron chi connectivity index (χ0n) is 7.89. The SMILES string of the molecule is CCC(CC)(CC)C(=O)C(=O)O. The van der Waals surface area contributed by atoms with Crippen LogP contribution in [0.2, 0.25) is 0 Å². The second-order valence-electron chi connectivity index (χ2n) is 2.98. The molecule has 0 aliphatic carbocycles. The molecule has 0 aromatic carbocycles. The molecule has 12 heavy (non-hydrogen) atoms. The van der Waals surface area contributed by atoms with Gasteiger partial charge in [0.05, 0.1) is 0 Å². The molecule has 0 saturated carbocycles. The second kappa shape index (κ2) is 4.24. The van der Waals surface area contributed by atoms with E-state index >= 15 is 0 Å². The fourth-order valence-corrected chi connectivity index (χ4v) is 1.46. The molecule has 1 N–H and O–H groups in total. The minimum absolute atomic E-state index is 0.602. The van der Waals surface area contributed by atoms with Crippen LogP contribution in [-0.4, -0.2) is 16.9 Å². The molecule has 0 aromatic heterocycles. The van der Waals surface area contributed by atoms with E-state index in [1.165, 1.54) is 0 Å². The van der Waals surface area contributed by atoms with Crippen LogP contribution in [0.15, 0.2) is 0 Å². The first-order chi connectivity index (χ1) is 5.54. The van der Waals surface area contributed by atoms with Crippen molar-refractivity contribution in [3.05, 3.63) is 0 Å². The van der Waals surface area contributed by atoms with Crippen molar-refractivity contribution in [2.24, 2.45) is 5.41 Å². The number of carboxylic acid groups (broad SMARTS) is 1. The smallest absolute Gasteiger partial charge is 0.372 e. The molecule has 0 rings (SSSR count). The third kappa shape index (κ3) is 1.84. The Bertz CT molecular complexity index is 172. The van der Waals surface area contributed by atoms with Gasteiger partial charge in [0.25, 0.3) is 0 Å². The minimum Gasteiger partial charge on any atom is -0.475 e. The van der Waals surface area contributed by atoms with Gasteiger partial charge in [0.15, 0.2) is 0 Å². The molecule has 0 heterocycles. The second-order valence-corrected chi connectivity index (χ2v) is 2.98. The van der Waals surface area contributed by atoms with Crippen molar-refractivity contribution in [3.8, 4) is 0 Å². The molecule has 0 fully saturated rings. The average molecular weight is 172 g/mol. The van der Waals surface area contributed by atoms with Gasteiger partial charge in [-0.2, -0.15) is 0 Å². The summed E-state index contributed by atoms with van der Waals surface area (Å²) in [6, 6.07) is 0. The molecule has 3 nitrogen and oxygen atoms in total. The first-order valence-corrected chi connectivity index (χ1v) is 4.31. The van der Waals surface area contributed by atoms with Crippen LogP contribution in [0, 0.1) is 5.41 Å². The quantitative estimate of drug-likeness (QED) is 0.644. The molecule has 0 bridgehead atoms. The van der Waals surface area contributed by atoms with Gasteiger partial charge in [-0.05, 0) is 19.3 Å². The van der Waals surface area contributed by atoms with Gasteiger partial charge in [-0.1, -0.05) is 20.8 Å². The number of carboxylic acids is 1. The number of Topliss-reactive ketones (excluding diaryl/α,β-unsaturated/α-hetero) is 1. The van der Waals surface area contributed by atoms with Gasteiger partial charge in [0, 0.05) is 5.41 Å². The van der Waals surface area contributed by atoms with Crippen LogP contribution in [0.5, 0.6) is 0 Å². The maximum Gasteiger partial charge on any atom is 0.372 e. The highest BCUT2D eigenvalue weighted by Crippen LogP contribution is 2.31. The van der Waals surface area contributed by atoms with E-state index in [1.54, 1.807) is 0 Å².